The smallest absolute Gasteiger partial charge is 0.0536 e. The van der Waals surface area contributed by atoms with Gasteiger partial charge in [0.25, 0.3) is 0 Å². The molecule has 17 heavy (non-hydrogen) atoms. The number of likely N-dealkylation sites (tertiary alicyclic amines) is 1. The number of hydrogen-bond acceptors (Lipinski definition) is 3. The highest BCUT2D eigenvalue weighted by Gasteiger charge is 2.23. The summed E-state index contributed by atoms with van der Waals surface area (Å²) in [7, 11) is 0. The minimum atomic E-state index is 0.587. The zero-order valence-electron chi connectivity index (χ0n) is 11.0. The molecule has 0 amide bonds. The van der Waals surface area contributed by atoms with Crippen LogP contribution < -0.4 is 5.32 Å². The van der Waals surface area contributed by atoms with E-state index in [1.165, 1.54) is 19.4 Å². The van der Waals surface area contributed by atoms with Crippen molar-refractivity contribution in [3.05, 3.63) is 18.5 Å². The highest BCUT2D eigenvalue weighted by Crippen LogP contribution is 2.16. The van der Waals surface area contributed by atoms with Crippen LogP contribution in [-0.2, 0) is 6.54 Å². The van der Waals surface area contributed by atoms with Crippen molar-refractivity contribution in [2.24, 2.45) is 0 Å². The molecular weight excluding hydrogens is 212 g/mol. The summed E-state index contributed by atoms with van der Waals surface area (Å²) >= 11 is 0. The number of nitrogens with one attached hydrogen (secondary N) is 1. The molecule has 0 spiro atoms. The normalized spacial score (nSPS) is 21.5. The minimum Gasteiger partial charge on any atom is -0.313 e. The molecule has 2 rings (SSSR count). The molecule has 1 saturated heterocycles. The van der Waals surface area contributed by atoms with E-state index in [4.69, 9.17) is 0 Å². The topological polar surface area (TPSA) is 33.1 Å². The fourth-order valence-corrected chi connectivity index (χ4v) is 2.46. The van der Waals surface area contributed by atoms with Crippen molar-refractivity contribution in [2.45, 2.75) is 45.3 Å². The van der Waals surface area contributed by atoms with Gasteiger partial charge in [0.15, 0.2) is 0 Å². The van der Waals surface area contributed by atoms with Gasteiger partial charge in [-0.3, -0.25) is 9.58 Å². The molecule has 1 unspecified atom stereocenters. The van der Waals surface area contributed by atoms with Crippen molar-refractivity contribution in [1.82, 2.24) is 20.0 Å². The molecule has 4 nitrogen and oxygen atoms in total. The van der Waals surface area contributed by atoms with Crippen LogP contribution in [0.3, 0.4) is 0 Å². The molecule has 1 aromatic rings. The summed E-state index contributed by atoms with van der Waals surface area (Å²) in [6, 6.07) is 3.29. The van der Waals surface area contributed by atoms with Crippen LogP contribution in [0.25, 0.3) is 0 Å². The second-order valence-electron chi connectivity index (χ2n) is 5.16. The molecule has 0 bridgehead atoms. The molecule has 2 heterocycles. The lowest BCUT2D eigenvalue weighted by Crippen LogP contribution is -2.41. The van der Waals surface area contributed by atoms with E-state index in [0.717, 1.165) is 19.6 Å². The molecule has 0 saturated carbocycles. The highest BCUT2D eigenvalue weighted by atomic mass is 15.3. The lowest BCUT2D eigenvalue weighted by atomic mass is 10.2. The van der Waals surface area contributed by atoms with E-state index in [0.29, 0.717) is 12.1 Å². The molecule has 0 aromatic carbocycles. The van der Waals surface area contributed by atoms with Gasteiger partial charge >= 0.3 is 0 Å². The second-order valence-corrected chi connectivity index (χ2v) is 5.16. The summed E-state index contributed by atoms with van der Waals surface area (Å²) in [4.78, 5) is 2.59. The number of hydrogen-bond donors (Lipinski definition) is 1. The third-order valence-corrected chi connectivity index (χ3v) is 3.44. The van der Waals surface area contributed by atoms with Crippen LogP contribution in [0.5, 0.6) is 0 Å². The molecule has 4 heteroatoms. The Morgan fingerprint density at radius 3 is 3.00 bits per heavy atom. The van der Waals surface area contributed by atoms with Crippen LogP contribution >= 0.6 is 0 Å². The first kappa shape index (κ1) is 12.6. The van der Waals surface area contributed by atoms with Crippen molar-refractivity contribution in [3.63, 3.8) is 0 Å². The van der Waals surface area contributed by atoms with Gasteiger partial charge in [-0.15, -0.1) is 0 Å². The van der Waals surface area contributed by atoms with E-state index in [1.54, 1.807) is 0 Å². The van der Waals surface area contributed by atoms with Crippen LogP contribution in [0.15, 0.2) is 18.5 Å². The maximum absolute atomic E-state index is 4.25. The fourth-order valence-electron chi connectivity index (χ4n) is 2.46. The van der Waals surface area contributed by atoms with Gasteiger partial charge in [0.1, 0.15) is 0 Å². The van der Waals surface area contributed by atoms with E-state index in [2.05, 4.69) is 29.2 Å². The highest BCUT2D eigenvalue weighted by molar-refractivity contribution is 4.83. The monoisotopic (exact) mass is 236 g/mol. The van der Waals surface area contributed by atoms with Gasteiger partial charge in [-0.1, -0.05) is 13.8 Å². The Bertz CT molecular complexity index is 307. The van der Waals surface area contributed by atoms with E-state index in [-0.39, 0.29) is 0 Å². The van der Waals surface area contributed by atoms with Crippen LogP contribution in [0, 0.1) is 0 Å². The molecule has 1 N–H and O–H groups in total. The Kier molecular flexibility index (Phi) is 4.57. The Morgan fingerprint density at radius 2 is 2.29 bits per heavy atom. The van der Waals surface area contributed by atoms with E-state index in [1.807, 2.05) is 23.1 Å². The summed E-state index contributed by atoms with van der Waals surface area (Å²) in [6.07, 6.45) is 6.56. The predicted molar refractivity (Wildman–Crippen MR) is 70.0 cm³/mol. The van der Waals surface area contributed by atoms with E-state index in [9.17, 15) is 0 Å². The Balaban J connectivity index is 1.75. The Morgan fingerprint density at radius 1 is 1.41 bits per heavy atom. The van der Waals surface area contributed by atoms with Gasteiger partial charge < -0.3 is 5.32 Å². The summed E-state index contributed by atoms with van der Waals surface area (Å²) in [6.45, 7) is 8.91. The SMILES string of the molecule is CC(C)NCC1CCCN1CCn1cccn1. The van der Waals surface area contributed by atoms with Crippen LogP contribution in [0.4, 0.5) is 0 Å². The third-order valence-electron chi connectivity index (χ3n) is 3.44. The van der Waals surface area contributed by atoms with Gasteiger partial charge in [0.2, 0.25) is 0 Å². The lowest BCUT2D eigenvalue weighted by Gasteiger charge is -2.25. The van der Waals surface area contributed by atoms with Gasteiger partial charge in [-0.2, -0.15) is 5.10 Å². The zero-order valence-corrected chi connectivity index (χ0v) is 11.0. The quantitative estimate of drug-likeness (QED) is 0.809. The fraction of sp³-hybridized carbons (Fsp3) is 0.769. The standard InChI is InChI=1S/C13H24N4/c1-12(2)14-11-13-5-3-7-16(13)9-10-17-8-4-6-15-17/h4,6,8,12-14H,3,5,7,9-11H2,1-2H3. The van der Waals surface area contributed by atoms with Gasteiger partial charge in [-0.05, 0) is 25.5 Å². The maximum Gasteiger partial charge on any atom is 0.0536 e. The molecule has 1 aromatic heterocycles. The first-order chi connectivity index (χ1) is 8.25. The van der Waals surface area contributed by atoms with E-state index >= 15 is 0 Å². The van der Waals surface area contributed by atoms with Crippen molar-refractivity contribution in [2.75, 3.05) is 19.6 Å². The first-order valence-corrected chi connectivity index (χ1v) is 6.70. The van der Waals surface area contributed by atoms with Gasteiger partial charge in [0.05, 0.1) is 6.54 Å². The molecule has 1 aliphatic heterocycles. The predicted octanol–water partition coefficient (Wildman–Crippen LogP) is 1.35. The van der Waals surface area contributed by atoms with Gasteiger partial charge in [-0.25, -0.2) is 0 Å². The molecule has 0 aliphatic carbocycles. The van der Waals surface area contributed by atoms with Crippen molar-refractivity contribution < 1.29 is 0 Å². The second kappa shape index (κ2) is 6.17. The molecule has 96 valence electrons. The average molecular weight is 236 g/mol. The molecule has 1 fully saturated rings. The van der Waals surface area contributed by atoms with Crippen molar-refractivity contribution in [1.29, 1.82) is 0 Å². The first-order valence-electron chi connectivity index (χ1n) is 6.70. The average Bonchev–Trinajstić information content (AvgIpc) is 2.95. The largest absolute Gasteiger partial charge is 0.313 e. The molecular formula is C13H24N4. The summed E-state index contributed by atoms with van der Waals surface area (Å²) in [5.41, 5.74) is 0. The molecule has 0 radical (unpaired) electrons. The molecule has 1 aliphatic rings. The van der Waals surface area contributed by atoms with Crippen LogP contribution in [-0.4, -0.2) is 46.4 Å². The summed E-state index contributed by atoms with van der Waals surface area (Å²) in [5.74, 6) is 0. The summed E-state index contributed by atoms with van der Waals surface area (Å²) in [5, 5.41) is 7.80. The van der Waals surface area contributed by atoms with Gasteiger partial charge in [0, 0.05) is 37.6 Å². The Labute approximate surface area is 104 Å². The van der Waals surface area contributed by atoms with Crippen LogP contribution in [0.2, 0.25) is 0 Å². The number of rotatable bonds is 6. The van der Waals surface area contributed by atoms with Crippen LogP contribution in [0.1, 0.15) is 26.7 Å². The zero-order chi connectivity index (χ0) is 12.1. The minimum absolute atomic E-state index is 0.587. The van der Waals surface area contributed by atoms with Crippen molar-refractivity contribution >= 4 is 0 Å². The van der Waals surface area contributed by atoms with E-state index < -0.39 is 0 Å². The third kappa shape index (κ3) is 3.82. The number of nitrogens with zero attached hydrogens (tertiary/aromatic N) is 3. The lowest BCUT2D eigenvalue weighted by molar-refractivity contribution is 0.232. The molecule has 1 atom stereocenters. The maximum atomic E-state index is 4.25. The number of aromatic nitrogens is 2. The van der Waals surface area contributed by atoms with Crippen molar-refractivity contribution in [3.8, 4) is 0 Å². The summed E-state index contributed by atoms with van der Waals surface area (Å²) < 4.78 is 2.02. The Hall–Kier alpha value is -0.870.